The van der Waals surface area contributed by atoms with Crippen LogP contribution in [0.2, 0.25) is 0 Å². The average Bonchev–Trinajstić information content (AvgIpc) is 2.03. The van der Waals surface area contributed by atoms with Gasteiger partial charge in [-0.2, -0.15) is 0 Å². The molecule has 11 heavy (non-hydrogen) atoms. The first-order chi connectivity index (χ1) is 4.93. The summed E-state index contributed by atoms with van der Waals surface area (Å²) in [6.45, 7) is 3.68. The smallest absolute Gasteiger partial charge is 0.0149 e. The quantitative estimate of drug-likeness (QED) is 0.467. The van der Waals surface area contributed by atoms with Gasteiger partial charge in [0.1, 0.15) is 0 Å². The summed E-state index contributed by atoms with van der Waals surface area (Å²) >= 11 is 0. The van der Waals surface area contributed by atoms with Gasteiger partial charge in [-0.15, -0.1) is 6.58 Å². The molecule has 0 N–H and O–H groups in total. The molecule has 1 heteroatoms. The molecule has 0 nitrogen and oxygen atoms in total. The Balaban J connectivity index is 0.000001000. The van der Waals surface area contributed by atoms with E-state index < -0.39 is 0 Å². The summed E-state index contributed by atoms with van der Waals surface area (Å²) in [5.41, 5.74) is 1.39. The highest BCUT2D eigenvalue weighted by atomic mass is 28.1. The predicted octanol–water partition coefficient (Wildman–Crippen LogP) is 1.35. The average molecular weight is 164 g/mol. The van der Waals surface area contributed by atoms with Crippen LogP contribution in [0.3, 0.4) is 0 Å². The van der Waals surface area contributed by atoms with Crippen LogP contribution in [0.4, 0.5) is 0 Å². The van der Waals surface area contributed by atoms with Crippen LogP contribution in [-0.4, -0.2) is 11.0 Å². The molecule has 0 aliphatic carbocycles. The summed E-state index contributed by atoms with van der Waals surface area (Å²) in [6, 6.07) is 10.5. The third-order valence-electron chi connectivity index (χ3n) is 1.48. The molecule has 0 unspecified atom stereocenters. The first kappa shape index (κ1) is 10.2. The van der Waals surface area contributed by atoms with E-state index in [4.69, 9.17) is 0 Å². The van der Waals surface area contributed by atoms with E-state index in [0.717, 1.165) is 12.8 Å². The fourth-order valence-electron chi connectivity index (χ4n) is 0.913. The van der Waals surface area contributed by atoms with Crippen LogP contribution >= 0.6 is 0 Å². The summed E-state index contributed by atoms with van der Waals surface area (Å²) in [5.74, 6) is 0. The molecule has 0 saturated carbocycles. The normalized spacial score (nSPS) is 8.36. The second kappa shape index (κ2) is 5.92. The monoisotopic (exact) mass is 164 g/mol. The first-order valence-electron chi connectivity index (χ1n) is 3.58. The molecule has 0 heterocycles. The number of allylic oxidation sites excluding steroid dienone is 1. The molecular formula is C10H16Si. The third-order valence-corrected chi connectivity index (χ3v) is 1.48. The van der Waals surface area contributed by atoms with Crippen molar-refractivity contribution in [3.05, 3.63) is 48.6 Å². The molecular weight excluding hydrogens is 148 g/mol. The number of hydrogen-bond donors (Lipinski definition) is 0. The van der Waals surface area contributed by atoms with Crippen molar-refractivity contribution in [1.82, 2.24) is 0 Å². The van der Waals surface area contributed by atoms with Gasteiger partial charge in [0, 0.05) is 0 Å². The summed E-state index contributed by atoms with van der Waals surface area (Å²) in [6.07, 6.45) is 4.14. The van der Waals surface area contributed by atoms with Gasteiger partial charge in [-0.25, -0.2) is 0 Å². The summed E-state index contributed by atoms with van der Waals surface area (Å²) in [7, 11) is 0. The second-order valence-electron chi connectivity index (χ2n) is 2.31. The molecule has 1 aromatic carbocycles. The van der Waals surface area contributed by atoms with Gasteiger partial charge in [-0.05, 0) is 29.4 Å². The standard InChI is InChI=1S/C10H12.H4Si/c1-2-3-7-10-8-5-4-6-9-10;/h2,4-6,8-9H,1,3,7H2;1H4. The van der Waals surface area contributed by atoms with Crippen molar-refractivity contribution in [3.8, 4) is 0 Å². The van der Waals surface area contributed by atoms with E-state index in [2.05, 4.69) is 30.8 Å². The SMILES string of the molecule is C=CCCc1ccccc1.[SiH4]. The Morgan fingerprint density at radius 1 is 1.18 bits per heavy atom. The molecule has 0 aromatic heterocycles. The van der Waals surface area contributed by atoms with Crippen molar-refractivity contribution >= 4 is 11.0 Å². The number of rotatable bonds is 3. The van der Waals surface area contributed by atoms with E-state index >= 15 is 0 Å². The molecule has 0 fully saturated rings. The van der Waals surface area contributed by atoms with Gasteiger partial charge >= 0.3 is 0 Å². The maximum atomic E-state index is 3.68. The van der Waals surface area contributed by atoms with Crippen LogP contribution in [0.5, 0.6) is 0 Å². The highest BCUT2D eigenvalue weighted by molar-refractivity contribution is 5.75. The fraction of sp³-hybridized carbons (Fsp3) is 0.200. The Morgan fingerprint density at radius 3 is 2.36 bits per heavy atom. The van der Waals surface area contributed by atoms with Gasteiger partial charge in [0.05, 0.1) is 0 Å². The van der Waals surface area contributed by atoms with Gasteiger partial charge < -0.3 is 0 Å². The van der Waals surface area contributed by atoms with Crippen LogP contribution in [-0.2, 0) is 6.42 Å². The molecule has 0 atom stereocenters. The lowest BCUT2D eigenvalue weighted by Crippen LogP contribution is -1.79. The van der Waals surface area contributed by atoms with Crippen LogP contribution in [0.25, 0.3) is 0 Å². The number of benzene rings is 1. The van der Waals surface area contributed by atoms with Crippen molar-refractivity contribution in [3.63, 3.8) is 0 Å². The Bertz CT molecular complexity index is 191. The Labute approximate surface area is 73.0 Å². The number of aryl methyl sites for hydroxylation is 1. The molecule has 1 rings (SSSR count). The largest absolute Gasteiger partial charge is 0.103 e. The summed E-state index contributed by atoms with van der Waals surface area (Å²) in [4.78, 5) is 0. The summed E-state index contributed by atoms with van der Waals surface area (Å²) in [5, 5.41) is 0. The minimum atomic E-state index is 0. The fourth-order valence-corrected chi connectivity index (χ4v) is 0.913. The van der Waals surface area contributed by atoms with Gasteiger partial charge in [0.15, 0.2) is 0 Å². The predicted molar refractivity (Wildman–Crippen MR) is 56.3 cm³/mol. The van der Waals surface area contributed by atoms with Crippen LogP contribution < -0.4 is 0 Å². The van der Waals surface area contributed by atoms with Gasteiger partial charge in [-0.1, -0.05) is 36.4 Å². The third kappa shape index (κ3) is 3.78. The van der Waals surface area contributed by atoms with E-state index in [9.17, 15) is 0 Å². The van der Waals surface area contributed by atoms with Crippen molar-refractivity contribution in [2.24, 2.45) is 0 Å². The molecule has 0 saturated heterocycles. The van der Waals surface area contributed by atoms with E-state index in [1.54, 1.807) is 0 Å². The zero-order valence-corrected chi connectivity index (χ0v) is 6.09. The lowest BCUT2D eigenvalue weighted by molar-refractivity contribution is 1.00. The lowest BCUT2D eigenvalue weighted by Gasteiger charge is -1.94. The highest BCUT2D eigenvalue weighted by Gasteiger charge is 1.85. The first-order valence-corrected chi connectivity index (χ1v) is 3.58. The Hall–Kier alpha value is -0.823. The minimum absolute atomic E-state index is 0. The van der Waals surface area contributed by atoms with Crippen molar-refractivity contribution in [2.75, 3.05) is 0 Å². The van der Waals surface area contributed by atoms with Crippen LogP contribution in [0.1, 0.15) is 12.0 Å². The van der Waals surface area contributed by atoms with E-state index in [0.29, 0.717) is 0 Å². The van der Waals surface area contributed by atoms with E-state index in [-0.39, 0.29) is 11.0 Å². The molecule has 0 spiro atoms. The van der Waals surface area contributed by atoms with Gasteiger partial charge in [0.25, 0.3) is 0 Å². The van der Waals surface area contributed by atoms with Crippen LogP contribution in [0.15, 0.2) is 43.0 Å². The maximum Gasteiger partial charge on any atom is -0.0149 e. The second-order valence-corrected chi connectivity index (χ2v) is 2.31. The zero-order valence-electron chi connectivity index (χ0n) is 6.09. The lowest BCUT2D eigenvalue weighted by atomic mass is 10.1. The van der Waals surface area contributed by atoms with Crippen molar-refractivity contribution < 1.29 is 0 Å². The Kier molecular flexibility index (Phi) is 5.48. The zero-order chi connectivity index (χ0) is 7.23. The topological polar surface area (TPSA) is 0 Å². The van der Waals surface area contributed by atoms with Crippen molar-refractivity contribution in [1.29, 1.82) is 0 Å². The molecule has 0 aliphatic heterocycles. The molecule has 60 valence electrons. The minimum Gasteiger partial charge on any atom is -0.103 e. The molecule has 0 bridgehead atoms. The van der Waals surface area contributed by atoms with Gasteiger partial charge in [-0.3, -0.25) is 0 Å². The van der Waals surface area contributed by atoms with E-state index in [1.807, 2.05) is 12.1 Å². The highest BCUT2D eigenvalue weighted by Crippen LogP contribution is 2.01. The van der Waals surface area contributed by atoms with E-state index in [1.165, 1.54) is 5.56 Å². The number of hydrogen-bond acceptors (Lipinski definition) is 0. The Morgan fingerprint density at radius 2 is 1.82 bits per heavy atom. The summed E-state index contributed by atoms with van der Waals surface area (Å²) < 4.78 is 0. The van der Waals surface area contributed by atoms with Crippen molar-refractivity contribution in [2.45, 2.75) is 12.8 Å². The van der Waals surface area contributed by atoms with Gasteiger partial charge in [0.2, 0.25) is 0 Å². The van der Waals surface area contributed by atoms with Crippen LogP contribution in [0, 0.1) is 0 Å². The molecule has 0 radical (unpaired) electrons. The maximum absolute atomic E-state index is 3.68. The molecule has 0 amide bonds. The molecule has 0 aliphatic rings. The molecule has 1 aromatic rings.